The molecule has 0 heterocycles. The molecule has 0 aliphatic heterocycles. The molecule has 0 fully saturated rings. The second kappa shape index (κ2) is 16.0. The molecule has 0 aromatic rings. The molecule has 0 amide bonds. The van der Waals surface area contributed by atoms with E-state index >= 15 is 0 Å². The van der Waals surface area contributed by atoms with E-state index in [4.69, 9.17) is 9.84 Å². The number of ether oxygens (including phenoxy) is 1. The minimum Gasteiger partial charge on any atom is -0.394 e. The maximum absolute atomic E-state index is 10.7. The number of aliphatic hydroxyl groups is 4. The van der Waals surface area contributed by atoms with Gasteiger partial charge in [0.05, 0.1) is 6.61 Å². The molecule has 6 heteroatoms. The Kier molecular flexibility index (Phi) is 15.6. The highest BCUT2D eigenvalue weighted by atomic mass is 16.5. The van der Waals surface area contributed by atoms with Crippen LogP contribution in [-0.2, 0) is 9.53 Å². The van der Waals surface area contributed by atoms with E-state index in [1.165, 1.54) is 44.9 Å². The maximum atomic E-state index is 10.7. The van der Waals surface area contributed by atoms with Gasteiger partial charge in [-0.2, -0.15) is 0 Å². The molecule has 6 nitrogen and oxygen atoms in total. The normalized spacial score (nSPS) is 16.5. The van der Waals surface area contributed by atoms with Crippen molar-refractivity contribution >= 4 is 6.29 Å². The number of aldehydes is 1. The first-order valence-corrected chi connectivity index (χ1v) is 9.30. The third kappa shape index (κ3) is 11.1. The van der Waals surface area contributed by atoms with Gasteiger partial charge in [-0.15, -0.1) is 0 Å². The van der Waals surface area contributed by atoms with E-state index in [9.17, 15) is 20.1 Å². The van der Waals surface area contributed by atoms with Crippen LogP contribution in [0, 0.1) is 0 Å². The van der Waals surface area contributed by atoms with Crippen LogP contribution in [0.2, 0.25) is 0 Å². The lowest BCUT2D eigenvalue weighted by molar-refractivity contribution is -0.150. The highest BCUT2D eigenvalue weighted by Crippen LogP contribution is 2.12. The van der Waals surface area contributed by atoms with Crippen LogP contribution in [0.3, 0.4) is 0 Å². The van der Waals surface area contributed by atoms with Gasteiger partial charge in [0.25, 0.3) is 0 Å². The van der Waals surface area contributed by atoms with Crippen molar-refractivity contribution in [3.05, 3.63) is 0 Å². The molecular weight excluding hydrogens is 312 g/mol. The first-order chi connectivity index (χ1) is 11.6. The Bertz CT molecular complexity index is 287. The van der Waals surface area contributed by atoms with Crippen molar-refractivity contribution in [2.75, 3.05) is 13.2 Å². The average molecular weight is 348 g/mol. The number of carbonyl (C=O) groups excluding carboxylic acids is 1. The van der Waals surface area contributed by atoms with E-state index in [-0.39, 0.29) is 6.29 Å². The Morgan fingerprint density at radius 2 is 1.38 bits per heavy atom. The van der Waals surface area contributed by atoms with Gasteiger partial charge in [-0.1, -0.05) is 64.7 Å². The van der Waals surface area contributed by atoms with Crippen molar-refractivity contribution in [1.29, 1.82) is 0 Å². The van der Waals surface area contributed by atoms with Crippen molar-refractivity contribution in [2.45, 2.75) is 95.5 Å². The van der Waals surface area contributed by atoms with E-state index in [1.54, 1.807) is 0 Å². The Morgan fingerprint density at radius 1 is 0.875 bits per heavy atom. The van der Waals surface area contributed by atoms with E-state index in [0.29, 0.717) is 6.61 Å². The van der Waals surface area contributed by atoms with Crippen LogP contribution in [-0.4, -0.2) is 64.3 Å². The molecule has 4 atom stereocenters. The van der Waals surface area contributed by atoms with E-state index in [0.717, 1.165) is 19.3 Å². The minimum absolute atomic E-state index is 0.260. The quantitative estimate of drug-likeness (QED) is 0.235. The lowest BCUT2D eigenvalue weighted by Gasteiger charge is -2.27. The van der Waals surface area contributed by atoms with Gasteiger partial charge in [-0.3, -0.25) is 0 Å². The molecule has 24 heavy (non-hydrogen) atoms. The van der Waals surface area contributed by atoms with Crippen molar-refractivity contribution in [3.63, 3.8) is 0 Å². The molecule has 0 aliphatic rings. The number of rotatable bonds is 17. The van der Waals surface area contributed by atoms with Gasteiger partial charge in [0.15, 0.2) is 6.29 Å². The highest BCUT2D eigenvalue weighted by molar-refractivity contribution is 5.56. The lowest BCUT2D eigenvalue weighted by Crippen LogP contribution is -2.48. The van der Waals surface area contributed by atoms with Gasteiger partial charge < -0.3 is 30.0 Å². The summed E-state index contributed by atoms with van der Waals surface area (Å²) in [4.78, 5) is 10.7. The number of unbranched alkanes of at least 4 members (excludes halogenated alkanes) is 9. The minimum atomic E-state index is -1.52. The first-order valence-electron chi connectivity index (χ1n) is 9.30. The fourth-order valence-electron chi connectivity index (χ4n) is 2.61. The number of carbonyl (C=O) groups is 1. The lowest BCUT2D eigenvalue weighted by atomic mass is 10.0. The Labute approximate surface area is 145 Å². The van der Waals surface area contributed by atoms with E-state index < -0.39 is 31.0 Å². The fraction of sp³-hybridized carbons (Fsp3) is 0.944. The summed E-state index contributed by atoms with van der Waals surface area (Å²) in [6.45, 7) is 1.84. The second-order valence-electron chi connectivity index (χ2n) is 6.38. The summed E-state index contributed by atoms with van der Waals surface area (Å²) >= 11 is 0. The fourth-order valence-corrected chi connectivity index (χ4v) is 2.61. The summed E-state index contributed by atoms with van der Waals surface area (Å²) in [5, 5.41) is 37.6. The van der Waals surface area contributed by atoms with Gasteiger partial charge in [-0.25, -0.2) is 0 Å². The molecule has 0 aliphatic carbocycles. The summed E-state index contributed by atoms with van der Waals surface area (Å²) in [6.07, 6.45) is 6.38. The summed E-state index contributed by atoms with van der Waals surface area (Å²) < 4.78 is 5.35. The van der Waals surface area contributed by atoms with Crippen molar-refractivity contribution < 1.29 is 30.0 Å². The standard InChI is InChI=1S/C18H36O6/c1-2-3-4-5-6-7-8-9-10-11-12-24-18(16(22)14-20)17(23)15(21)13-19/h14-19,21-23H,2-13H2,1H3/t15-,16+,17-,18-/m1/s1. The summed E-state index contributed by atoms with van der Waals surface area (Å²) in [7, 11) is 0. The molecule has 0 aromatic carbocycles. The summed E-state index contributed by atoms with van der Waals surface area (Å²) in [6, 6.07) is 0. The molecule has 0 unspecified atom stereocenters. The van der Waals surface area contributed by atoms with Gasteiger partial charge in [0.2, 0.25) is 0 Å². The van der Waals surface area contributed by atoms with Crippen LogP contribution in [0.1, 0.15) is 71.1 Å². The Balaban J connectivity index is 3.75. The monoisotopic (exact) mass is 348 g/mol. The summed E-state index contributed by atoms with van der Waals surface area (Å²) in [5.74, 6) is 0. The van der Waals surface area contributed by atoms with Crippen molar-refractivity contribution in [2.24, 2.45) is 0 Å². The third-order valence-electron chi connectivity index (χ3n) is 4.20. The van der Waals surface area contributed by atoms with Gasteiger partial charge >= 0.3 is 0 Å². The van der Waals surface area contributed by atoms with Crippen molar-refractivity contribution in [3.8, 4) is 0 Å². The van der Waals surface area contributed by atoms with Crippen LogP contribution in [0.4, 0.5) is 0 Å². The first kappa shape index (κ1) is 23.5. The Hall–Kier alpha value is -0.530. The largest absolute Gasteiger partial charge is 0.394 e. The molecule has 0 saturated carbocycles. The molecular formula is C18H36O6. The van der Waals surface area contributed by atoms with Crippen molar-refractivity contribution in [1.82, 2.24) is 0 Å². The Morgan fingerprint density at radius 3 is 1.83 bits per heavy atom. The number of hydrogen-bond donors (Lipinski definition) is 4. The van der Waals surface area contributed by atoms with Gasteiger partial charge in [0, 0.05) is 6.61 Å². The zero-order chi connectivity index (χ0) is 18.2. The smallest absolute Gasteiger partial charge is 0.151 e. The summed E-state index contributed by atoms with van der Waals surface area (Å²) in [5.41, 5.74) is 0. The second-order valence-corrected chi connectivity index (χ2v) is 6.38. The molecule has 144 valence electrons. The third-order valence-corrected chi connectivity index (χ3v) is 4.20. The van der Waals surface area contributed by atoms with E-state index in [1.807, 2.05) is 0 Å². The molecule has 0 spiro atoms. The maximum Gasteiger partial charge on any atom is 0.151 e. The molecule has 0 radical (unpaired) electrons. The van der Waals surface area contributed by atoms with Gasteiger partial charge in [-0.05, 0) is 6.42 Å². The molecule has 4 N–H and O–H groups in total. The van der Waals surface area contributed by atoms with Crippen LogP contribution >= 0.6 is 0 Å². The average Bonchev–Trinajstić information content (AvgIpc) is 2.60. The number of aliphatic hydroxyl groups excluding tert-OH is 4. The zero-order valence-electron chi connectivity index (χ0n) is 15.0. The van der Waals surface area contributed by atoms with Gasteiger partial charge in [0.1, 0.15) is 24.4 Å². The molecule has 0 saturated heterocycles. The van der Waals surface area contributed by atoms with Crippen LogP contribution in [0.15, 0.2) is 0 Å². The zero-order valence-corrected chi connectivity index (χ0v) is 15.0. The van der Waals surface area contributed by atoms with Crippen LogP contribution in [0.5, 0.6) is 0 Å². The highest BCUT2D eigenvalue weighted by Gasteiger charge is 2.32. The molecule has 0 rings (SSSR count). The SMILES string of the molecule is CCCCCCCCCCCCO[C@@H]([C@H](O)[C@H](O)CO)[C@@H](O)C=O. The van der Waals surface area contributed by atoms with Crippen LogP contribution < -0.4 is 0 Å². The number of hydrogen-bond acceptors (Lipinski definition) is 6. The predicted molar refractivity (Wildman–Crippen MR) is 92.8 cm³/mol. The topological polar surface area (TPSA) is 107 Å². The molecule has 0 aromatic heterocycles. The van der Waals surface area contributed by atoms with E-state index in [2.05, 4.69) is 6.92 Å². The molecule has 0 bridgehead atoms. The predicted octanol–water partition coefficient (Wildman–Crippen LogP) is 1.57. The van der Waals surface area contributed by atoms with Crippen LogP contribution in [0.25, 0.3) is 0 Å².